The van der Waals surface area contributed by atoms with Crippen molar-refractivity contribution in [2.45, 2.75) is 169 Å². The van der Waals surface area contributed by atoms with Crippen molar-refractivity contribution < 1.29 is 19.1 Å². The lowest BCUT2D eigenvalue weighted by atomic mass is 10.1. The lowest BCUT2D eigenvalue weighted by molar-refractivity contribution is -0.139. The van der Waals surface area contributed by atoms with Gasteiger partial charge in [-0.3, -0.25) is 4.98 Å². The molecule has 5 heteroatoms. The van der Waals surface area contributed by atoms with Gasteiger partial charge in [0.1, 0.15) is 0 Å². The summed E-state index contributed by atoms with van der Waals surface area (Å²) in [6, 6.07) is 3.82. The number of carbonyl (C=O) groups excluding carboxylic acids is 2. The second kappa shape index (κ2) is 36.8. The predicted molar refractivity (Wildman–Crippen MR) is 199 cm³/mol. The summed E-state index contributed by atoms with van der Waals surface area (Å²) in [5.74, 6) is -0.515. The summed E-state index contributed by atoms with van der Waals surface area (Å²) >= 11 is 0. The average Bonchev–Trinajstić information content (AvgIpc) is 3.06. The van der Waals surface area contributed by atoms with Crippen LogP contribution in [0.1, 0.15) is 175 Å². The third-order valence-electron chi connectivity index (χ3n) is 7.60. The monoisotopic (exact) mass is 642 g/mol. The number of pyridine rings is 1. The van der Waals surface area contributed by atoms with Gasteiger partial charge in [-0.1, -0.05) is 168 Å². The molecular weight excluding hydrogens is 570 g/mol. The summed E-state index contributed by atoms with van der Waals surface area (Å²) in [5, 5.41) is 0. The van der Waals surface area contributed by atoms with Gasteiger partial charge >= 0.3 is 11.9 Å². The molecule has 1 heterocycles. The van der Waals surface area contributed by atoms with Crippen molar-refractivity contribution >= 4 is 18.0 Å². The first-order valence-corrected chi connectivity index (χ1v) is 18.5. The lowest BCUT2D eigenvalue weighted by Crippen LogP contribution is -2.05. The normalized spacial score (nSPS) is 10.1. The van der Waals surface area contributed by atoms with Gasteiger partial charge in [-0.05, 0) is 44.4 Å². The summed E-state index contributed by atoms with van der Waals surface area (Å²) in [7, 11) is 0. The van der Waals surface area contributed by atoms with Crippen LogP contribution in [0.2, 0.25) is 0 Å². The Morgan fingerprint density at radius 1 is 0.565 bits per heavy atom. The van der Waals surface area contributed by atoms with Crippen LogP contribution >= 0.6 is 0 Å². The molecule has 0 bridgehead atoms. The summed E-state index contributed by atoms with van der Waals surface area (Å²) < 4.78 is 10.1. The van der Waals surface area contributed by atoms with Crippen molar-refractivity contribution in [1.82, 2.24) is 4.98 Å². The molecule has 0 spiro atoms. The summed E-state index contributed by atoms with van der Waals surface area (Å²) in [6.07, 6.45) is 34.1. The second-order valence-electron chi connectivity index (χ2n) is 12.4. The molecule has 0 aromatic carbocycles. The van der Waals surface area contributed by atoms with Crippen LogP contribution in [-0.4, -0.2) is 30.1 Å². The fourth-order valence-electron chi connectivity index (χ4n) is 4.61. The van der Waals surface area contributed by atoms with E-state index in [9.17, 15) is 9.59 Å². The van der Waals surface area contributed by atoms with E-state index in [0.717, 1.165) is 18.4 Å². The van der Waals surface area contributed by atoms with Crippen molar-refractivity contribution in [3.05, 3.63) is 61.0 Å². The minimum Gasteiger partial charge on any atom is -0.462 e. The zero-order valence-electron chi connectivity index (χ0n) is 30.6. The topological polar surface area (TPSA) is 65.5 Å². The standard InChI is InChI=1S/C18H34O2.C16H30O2.C7H7N/c1-4-5-6-7-8-9-10-11-12-13-14-15-16-20-18(19)17(2)3;1-4-5-6-7-8-9-10-11-12-13-14-18-16(17)15(2)3;1-2-7-3-5-8-6-4-7/h2,4-16H2,1,3H3;2,4-14H2,1,3H3;2-6H,1H2. The molecule has 0 fully saturated rings. The van der Waals surface area contributed by atoms with E-state index in [2.05, 4.69) is 38.6 Å². The van der Waals surface area contributed by atoms with Gasteiger partial charge in [0.05, 0.1) is 13.2 Å². The Morgan fingerprint density at radius 3 is 1.09 bits per heavy atom. The Morgan fingerprint density at radius 2 is 0.848 bits per heavy atom. The smallest absolute Gasteiger partial charge is 0.333 e. The fraction of sp³-hybridized carbons (Fsp3) is 0.683. The van der Waals surface area contributed by atoms with E-state index in [4.69, 9.17) is 9.47 Å². The molecule has 5 nitrogen and oxygen atoms in total. The number of hydrogen-bond donors (Lipinski definition) is 0. The second-order valence-corrected chi connectivity index (χ2v) is 12.4. The van der Waals surface area contributed by atoms with E-state index < -0.39 is 0 Å². The molecule has 0 unspecified atom stereocenters. The van der Waals surface area contributed by atoms with Gasteiger partial charge in [0, 0.05) is 23.5 Å². The van der Waals surface area contributed by atoms with Gasteiger partial charge in [-0.25, -0.2) is 9.59 Å². The van der Waals surface area contributed by atoms with Crippen molar-refractivity contribution in [3.8, 4) is 0 Å². The van der Waals surface area contributed by atoms with Crippen molar-refractivity contribution in [3.63, 3.8) is 0 Å². The van der Waals surface area contributed by atoms with Gasteiger partial charge in [0.25, 0.3) is 0 Å². The maximum atomic E-state index is 11.1. The van der Waals surface area contributed by atoms with Crippen LogP contribution in [0.4, 0.5) is 0 Å². The molecule has 1 aromatic rings. The Bertz CT molecular complexity index is 864. The number of esters is 2. The van der Waals surface area contributed by atoms with Crippen LogP contribution in [0, 0.1) is 0 Å². The molecule has 0 aliphatic rings. The molecule has 0 aliphatic carbocycles. The molecule has 1 aromatic heterocycles. The highest BCUT2D eigenvalue weighted by atomic mass is 16.5. The Kier molecular flexibility index (Phi) is 36.3. The predicted octanol–water partition coefficient (Wildman–Crippen LogP) is 12.6. The van der Waals surface area contributed by atoms with Crippen LogP contribution in [-0.2, 0) is 19.1 Å². The molecule has 1 rings (SSSR count). The van der Waals surface area contributed by atoms with Crippen LogP contribution in [0.25, 0.3) is 6.08 Å². The van der Waals surface area contributed by atoms with Gasteiger partial charge in [-0.2, -0.15) is 0 Å². The first-order valence-electron chi connectivity index (χ1n) is 18.5. The van der Waals surface area contributed by atoms with Crippen LogP contribution in [0.3, 0.4) is 0 Å². The lowest BCUT2D eigenvalue weighted by Gasteiger charge is -2.04. The molecule has 0 saturated carbocycles. The number of aromatic nitrogens is 1. The van der Waals surface area contributed by atoms with E-state index in [-0.39, 0.29) is 11.9 Å². The Hall–Kier alpha value is -2.69. The minimum atomic E-state index is -0.258. The highest BCUT2D eigenvalue weighted by Gasteiger charge is 2.02. The van der Waals surface area contributed by atoms with Gasteiger partial charge < -0.3 is 9.47 Å². The summed E-state index contributed by atoms with van der Waals surface area (Å²) in [5.41, 5.74) is 2.09. The van der Waals surface area contributed by atoms with Crippen molar-refractivity contribution in [2.24, 2.45) is 0 Å². The summed E-state index contributed by atoms with van der Waals surface area (Å²) in [6.45, 7) is 19.7. The van der Waals surface area contributed by atoms with Gasteiger partial charge in [-0.15, -0.1) is 0 Å². The average molecular weight is 642 g/mol. The molecular formula is C41H71NO4. The third kappa shape index (κ3) is 35.8. The largest absolute Gasteiger partial charge is 0.462 e. The van der Waals surface area contributed by atoms with Gasteiger partial charge in [0.2, 0.25) is 0 Å². The van der Waals surface area contributed by atoms with Crippen molar-refractivity contribution in [1.29, 1.82) is 0 Å². The van der Waals surface area contributed by atoms with Crippen LogP contribution in [0.15, 0.2) is 55.4 Å². The number of hydrogen-bond acceptors (Lipinski definition) is 5. The molecule has 0 amide bonds. The first kappa shape index (κ1) is 45.4. The molecule has 0 radical (unpaired) electrons. The summed E-state index contributed by atoms with van der Waals surface area (Å²) in [4.78, 5) is 26.0. The number of rotatable bonds is 27. The quantitative estimate of drug-likeness (QED) is 0.0543. The minimum absolute atomic E-state index is 0.256. The molecule has 0 aliphatic heterocycles. The van der Waals surface area contributed by atoms with E-state index in [0.29, 0.717) is 24.4 Å². The maximum absolute atomic E-state index is 11.1. The number of carbonyl (C=O) groups is 2. The molecule has 0 saturated heterocycles. The number of nitrogens with zero attached hydrogens (tertiary/aromatic N) is 1. The molecule has 46 heavy (non-hydrogen) atoms. The van der Waals surface area contributed by atoms with Crippen LogP contribution in [0.5, 0.6) is 0 Å². The van der Waals surface area contributed by atoms with E-state index in [1.165, 1.54) is 128 Å². The fourth-order valence-corrected chi connectivity index (χ4v) is 4.61. The van der Waals surface area contributed by atoms with Crippen molar-refractivity contribution in [2.75, 3.05) is 13.2 Å². The highest BCUT2D eigenvalue weighted by molar-refractivity contribution is 5.87. The maximum Gasteiger partial charge on any atom is 0.333 e. The number of ether oxygens (including phenoxy) is 2. The Balaban J connectivity index is 0. The van der Waals surface area contributed by atoms with Gasteiger partial charge in [0.15, 0.2) is 0 Å². The third-order valence-corrected chi connectivity index (χ3v) is 7.60. The first-order chi connectivity index (χ1) is 22.3. The molecule has 264 valence electrons. The van der Waals surface area contributed by atoms with E-state index in [1.807, 2.05) is 12.1 Å². The van der Waals surface area contributed by atoms with E-state index in [1.54, 1.807) is 32.3 Å². The zero-order chi connectivity index (χ0) is 34.5. The highest BCUT2D eigenvalue weighted by Crippen LogP contribution is 2.12. The Labute approximate surface area is 284 Å². The zero-order valence-corrected chi connectivity index (χ0v) is 30.6. The SMILES string of the molecule is C=C(C)C(=O)OCCCCCCCCCCCC.C=C(C)C(=O)OCCCCCCCCCCCCCC.C=Cc1ccncc1. The number of unbranched alkanes of at least 4 members (excludes halogenated alkanes) is 20. The van der Waals surface area contributed by atoms with E-state index >= 15 is 0 Å². The molecule has 0 N–H and O–H groups in total. The molecule has 0 atom stereocenters. The van der Waals surface area contributed by atoms with Crippen LogP contribution < -0.4 is 0 Å².